The van der Waals surface area contributed by atoms with Gasteiger partial charge < -0.3 is 4.85 Å². The van der Waals surface area contributed by atoms with Crippen LogP contribution in [-0.2, 0) is 0 Å². The van der Waals surface area contributed by atoms with Gasteiger partial charge in [-0.15, -0.1) is 23.5 Å². The minimum atomic E-state index is 0.232. The van der Waals surface area contributed by atoms with Gasteiger partial charge in [-0.05, 0) is 17.7 Å². The first-order chi connectivity index (χ1) is 10.2. The van der Waals surface area contributed by atoms with Gasteiger partial charge in [0.05, 0.1) is 16.6 Å². The summed E-state index contributed by atoms with van der Waals surface area (Å²) < 4.78 is 2.74. The van der Waals surface area contributed by atoms with Crippen LogP contribution in [-0.4, -0.2) is 15.3 Å². The Kier molecular flexibility index (Phi) is 4.51. The van der Waals surface area contributed by atoms with Gasteiger partial charge >= 0.3 is 0 Å². The fourth-order valence-corrected chi connectivity index (χ4v) is 5.49. The maximum Gasteiger partial charge on any atom is 0.255 e. The molecule has 21 heavy (non-hydrogen) atoms. The Bertz CT molecular complexity index is 735. The smallest absolute Gasteiger partial charge is 0.255 e. The van der Waals surface area contributed by atoms with Gasteiger partial charge in [-0.3, -0.25) is 4.57 Å². The van der Waals surface area contributed by atoms with Gasteiger partial charge in [0.15, 0.2) is 6.33 Å². The fraction of sp³-hybridized carbons (Fsp3) is 0.143. The molecule has 1 aromatic heterocycles. The molecule has 1 fully saturated rings. The zero-order valence-electron chi connectivity index (χ0n) is 10.7. The Hall–Kier alpha value is -1.06. The van der Waals surface area contributed by atoms with Crippen molar-refractivity contribution in [2.24, 2.45) is 0 Å². The standard InChI is InChI=1S/C14H9Cl2N3S2/c1-17-13(19-5-4-18-8-19)14-20-7-12(21-14)10-3-2-9(15)6-11(10)16/h2-6,8,12H,7H2/b14-13+. The summed E-state index contributed by atoms with van der Waals surface area (Å²) in [6, 6.07) is 5.57. The summed E-state index contributed by atoms with van der Waals surface area (Å²) >= 11 is 15.6. The van der Waals surface area contributed by atoms with Crippen molar-refractivity contribution in [1.29, 1.82) is 0 Å². The Morgan fingerprint density at radius 1 is 1.43 bits per heavy atom. The highest BCUT2D eigenvalue weighted by Crippen LogP contribution is 2.53. The van der Waals surface area contributed by atoms with Crippen molar-refractivity contribution in [2.45, 2.75) is 5.25 Å². The first-order valence-electron chi connectivity index (χ1n) is 6.03. The van der Waals surface area contributed by atoms with Gasteiger partial charge in [0.2, 0.25) is 0 Å². The van der Waals surface area contributed by atoms with Gasteiger partial charge in [-0.25, -0.2) is 4.98 Å². The van der Waals surface area contributed by atoms with E-state index in [2.05, 4.69) is 9.83 Å². The molecular formula is C14H9Cl2N3S2. The highest BCUT2D eigenvalue weighted by molar-refractivity contribution is 8.25. The quantitative estimate of drug-likeness (QED) is 0.673. The molecule has 0 bridgehead atoms. The average molecular weight is 354 g/mol. The van der Waals surface area contributed by atoms with Crippen molar-refractivity contribution in [1.82, 2.24) is 9.55 Å². The molecule has 7 heteroatoms. The molecule has 0 spiro atoms. The molecule has 1 aliphatic heterocycles. The molecule has 2 heterocycles. The van der Waals surface area contributed by atoms with E-state index in [4.69, 9.17) is 29.8 Å². The summed E-state index contributed by atoms with van der Waals surface area (Å²) in [4.78, 5) is 7.63. The van der Waals surface area contributed by atoms with Crippen LogP contribution in [0.2, 0.25) is 10.0 Å². The van der Waals surface area contributed by atoms with Crippen LogP contribution < -0.4 is 0 Å². The molecule has 0 amide bonds. The van der Waals surface area contributed by atoms with E-state index in [1.54, 1.807) is 52.9 Å². The fourth-order valence-electron chi connectivity index (χ4n) is 1.97. The average Bonchev–Trinajstić information content (AvgIpc) is 3.12. The predicted molar refractivity (Wildman–Crippen MR) is 91.3 cm³/mol. The molecule has 1 unspecified atom stereocenters. The van der Waals surface area contributed by atoms with Gasteiger partial charge in [0.1, 0.15) is 0 Å². The number of benzene rings is 1. The lowest BCUT2D eigenvalue weighted by atomic mass is 10.2. The van der Waals surface area contributed by atoms with E-state index >= 15 is 0 Å². The molecule has 0 aliphatic carbocycles. The zero-order chi connectivity index (χ0) is 14.8. The minimum absolute atomic E-state index is 0.232. The van der Waals surface area contributed by atoms with E-state index in [0.29, 0.717) is 15.9 Å². The third-order valence-electron chi connectivity index (χ3n) is 2.96. The number of nitrogens with zero attached hydrogens (tertiary/aromatic N) is 3. The van der Waals surface area contributed by atoms with Gasteiger partial charge in [-0.2, -0.15) is 0 Å². The molecule has 2 aromatic rings. The van der Waals surface area contributed by atoms with Gasteiger partial charge in [0.25, 0.3) is 5.82 Å². The van der Waals surface area contributed by atoms with E-state index in [-0.39, 0.29) is 5.25 Å². The molecule has 1 aromatic carbocycles. The van der Waals surface area contributed by atoms with Crippen LogP contribution in [0.3, 0.4) is 0 Å². The van der Waals surface area contributed by atoms with Crippen molar-refractivity contribution >= 4 is 52.5 Å². The lowest BCUT2D eigenvalue weighted by molar-refractivity contribution is 1.10. The summed E-state index contributed by atoms with van der Waals surface area (Å²) in [5, 5.41) is 1.54. The molecule has 106 valence electrons. The predicted octanol–water partition coefficient (Wildman–Crippen LogP) is 5.41. The number of hydrogen-bond donors (Lipinski definition) is 0. The number of thioether (sulfide) groups is 2. The first-order valence-corrected chi connectivity index (χ1v) is 8.65. The Morgan fingerprint density at radius 3 is 2.95 bits per heavy atom. The Morgan fingerprint density at radius 2 is 2.29 bits per heavy atom. The van der Waals surface area contributed by atoms with Crippen LogP contribution in [0.4, 0.5) is 0 Å². The number of halogens is 2. The zero-order valence-corrected chi connectivity index (χ0v) is 13.8. The minimum Gasteiger partial charge on any atom is -0.362 e. The van der Waals surface area contributed by atoms with Crippen LogP contribution in [0.1, 0.15) is 10.8 Å². The molecule has 3 nitrogen and oxygen atoms in total. The third kappa shape index (κ3) is 3.09. The van der Waals surface area contributed by atoms with Crippen molar-refractivity contribution in [3.8, 4) is 0 Å². The Labute approximate surface area is 141 Å². The van der Waals surface area contributed by atoms with Gasteiger partial charge in [-0.1, -0.05) is 35.8 Å². The maximum atomic E-state index is 7.39. The van der Waals surface area contributed by atoms with Crippen molar-refractivity contribution in [3.05, 3.63) is 68.2 Å². The number of hydrogen-bond acceptors (Lipinski definition) is 3. The van der Waals surface area contributed by atoms with Gasteiger partial charge in [0, 0.05) is 21.0 Å². The second-order valence-corrected chi connectivity index (χ2v) is 7.62. The topological polar surface area (TPSA) is 22.2 Å². The van der Waals surface area contributed by atoms with Crippen molar-refractivity contribution in [2.75, 3.05) is 5.75 Å². The summed E-state index contributed by atoms with van der Waals surface area (Å²) in [5.41, 5.74) is 1.06. The highest BCUT2D eigenvalue weighted by Gasteiger charge is 2.27. The highest BCUT2D eigenvalue weighted by atomic mass is 35.5. The van der Waals surface area contributed by atoms with Crippen LogP contribution in [0.5, 0.6) is 0 Å². The van der Waals surface area contributed by atoms with Crippen molar-refractivity contribution in [3.63, 3.8) is 0 Å². The van der Waals surface area contributed by atoms with E-state index in [9.17, 15) is 0 Å². The van der Waals surface area contributed by atoms with E-state index in [1.807, 2.05) is 12.1 Å². The Balaban J connectivity index is 1.90. The summed E-state index contributed by atoms with van der Waals surface area (Å²) in [6.45, 7) is 7.39. The number of imidazole rings is 1. The molecule has 0 radical (unpaired) electrons. The van der Waals surface area contributed by atoms with Crippen molar-refractivity contribution < 1.29 is 0 Å². The molecule has 3 rings (SSSR count). The maximum absolute atomic E-state index is 7.39. The molecule has 0 saturated carbocycles. The van der Waals surface area contributed by atoms with Crippen LogP contribution in [0, 0.1) is 6.57 Å². The molecular weight excluding hydrogens is 345 g/mol. The first kappa shape index (κ1) is 14.9. The van der Waals surface area contributed by atoms with E-state index < -0.39 is 0 Å². The number of rotatable bonds is 2. The molecule has 1 saturated heterocycles. The summed E-state index contributed by atoms with van der Waals surface area (Å²) in [6.07, 6.45) is 5.09. The van der Waals surface area contributed by atoms with E-state index in [1.165, 1.54) is 0 Å². The van der Waals surface area contributed by atoms with Crippen LogP contribution >= 0.6 is 46.7 Å². The lowest BCUT2D eigenvalue weighted by Gasteiger charge is -2.10. The lowest BCUT2D eigenvalue weighted by Crippen LogP contribution is -1.93. The summed E-state index contributed by atoms with van der Waals surface area (Å²) in [7, 11) is 0. The monoisotopic (exact) mass is 353 g/mol. The molecule has 1 aliphatic rings. The van der Waals surface area contributed by atoms with E-state index in [0.717, 1.165) is 15.6 Å². The second-order valence-electron chi connectivity index (χ2n) is 4.28. The van der Waals surface area contributed by atoms with Crippen LogP contribution in [0.25, 0.3) is 10.7 Å². The SMILES string of the molecule is [C-]#[N+]/C(=C1/SCC(c2ccc(Cl)cc2Cl)S1)n1ccnc1. The third-order valence-corrected chi connectivity index (χ3v) is 6.42. The molecule has 1 atom stereocenters. The summed E-state index contributed by atoms with van der Waals surface area (Å²) in [5.74, 6) is 1.48. The van der Waals surface area contributed by atoms with Crippen LogP contribution in [0.15, 0.2) is 41.2 Å². The number of aromatic nitrogens is 2. The largest absolute Gasteiger partial charge is 0.362 e. The second kappa shape index (κ2) is 6.37. The normalized spacial score (nSPS) is 20.3. The molecule has 0 N–H and O–H groups in total.